The minimum absolute atomic E-state index is 0.0103. The molecule has 0 saturated carbocycles. The monoisotopic (exact) mass is 376 g/mol. The molecule has 0 bridgehead atoms. The number of oxime groups is 1. The van der Waals surface area contributed by atoms with Crippen LogP contribution in [0.25, 0.3) is 0 Å². The second kappa shape index (κ2) is 9.47. The molecule has 2 atom stereocenters. The van der Waals surface area contributed by atoms with Gasteiger partial charge < -0.3 is 10.6 Å². The van der Waals surface area contributed by atoms with Crippen molar-refractivity contribution in [2.75, 3.05) is 6.26 Å². The van der Waals surface area contributed by atoms with E-state index in [0.29, 0.717) is 6.26 Å². The molecule has 0 saturated heterocycles. The summed E-state index contributed by atoms with van der Waals surface area (Å²) in [5.41, 5.74) is 9.85. The molecule has 3 N–H and O–H groups in total. The summed E-state index contributed by atoms with van der Waals surface area (Å²) in [6.45, 7) is 0. The van der Waals surface area contributed by atoms with Crippen molar-refractivity contribution in [3.63, 3.8) is 0 Å². The lowest BCUT2D eigenvalue weighted by molar-refractivity contribution is 0.0659. The van der Waals surface area contributed by atoms with Gasteiger partial charge in [0, 0.05) is 18.9 Å². The fraction of sp³-hybridized carbons (Fsp3) is 0.316. The van der Waals surface area contributed by atoms with Crippen molar-refractivity contribution in [2.24, 2.45) is 10.9 Å². The topological polar surface area (TPSA) is 102 Å². The fourth-order valence-corrected chi connectivity index (χ4v) is 2.63. The van der Waals surface area contributed by atoms with Crippen LogP contribution < -0.4 is 5.73 Å². The van der Waals surface area contributed by atoms with Crippen molar-refractivity contribution in [1.29, 1.82) is 0 Å². The zero-order valence-electron chi connectivity index (χ0n) is 14.7. The molecule has 6 nitrogen and oxygen atoms in total. The zero-order chi connectivity index (χ0) is 19.0. The van der Waals surface area contributed by atoms with Gasteiger partial charge in [-0.3, -0.25) is 4.55 Å². The van der Waals surface area contributed by atoms with Gasteiger partial charge in [0.2, 0.25) is 0 Å². The van der Waals surface area contributed by atoms with Gasteiger partial charge in [-0.15, -0.1) is 0 Å². The van der Waals surface area contributed by atoms with Crippen molar-refractivity contribution in [1.82, 2.24) is 0 Å². The highest BCUT2D eigenvalue weighted by atomic mass is 32.2. The third-order valence-corrected chi connectivity index (χ3v) is 3.80. The van der Waals surface area contributed by atoms with Crippen LogP contribution in [0.1, 0.15) is 17.5 Å². The highest BCUT2D eigenvalue weighted by Gasteiger charge is 2.27. The molecule has 26 heavy (non-hydrogen) atoms. The first-order valence-electron chi connectivity index (χ1n) is 8.28. The van der Waals surface area contributed by atoms with Gasteiger partial charge in [0.05, 0.1) is 12.0 Å². The van der Waals surface area contributed by atoms with E-state index in [-0.39, 0.29) is 12.1 Å². The second-order valence-corrected chi connectivity index (χ2v) is 7.72. The highest BCUT2D eigenvalue weighted by molar-refractivity contribution is 7.85. The Morgan fingerprint density at radius 2 is 1.62 bits per heavy atom. The van der Waals surface area contributed by atoms with Crippen LogP contribution in [0.15, 0.2) is 65.8 Å². The van der Waals surface area contributed by atoms with Crippen molar-refractivity contribution >= 4 is 15.8 Å². The Hall–Kier alpha value is -2.22. The third kappa shape index (κ3) is 7.77. The normalized spacial score (nSPS) is 17.5. The van der Waals surface area contributed by atoms with E-state index in [4.69, 9.17) is 15.1 Å². The standard InChI is InChI=1S/C18H20N2O.CH4O3S/c19-17(12-15-9-5-2-6-10-15)18-13-16(20-21-18)11-14-7-3-1-4-8-14;1-5(2,3)4/h1-10,17-18H,11-13,19H2;1H3,(H,2,3,4). The van der Waals surface area contributed by atoms with Gasteiger partial charge in [-0.1, -0.05) is 65.8 Å². The molecule has 2 aromatic carbocycles. The van der Waals surface area contributed by atoms with Crippen LogP contribution >= 0.6 is 0 Å². The van der Waals surface area contributed by atoms with Gasteiger partial charge in [-0.25, -0.2) is 0 Å². The predicted octanol–water partition coefficient (Wildman–Crippen LogP) is 2.45. The average molecular weight is 376 g/mol. The van der Waals surface area contributed by atoms with E-state index >= 15 is 0 Å². The Balaban J connectivity index is 0.000000431. The average Bonchev–Trinajstić information content (AvgIpc) is 3.04. The smallest absolute Gasteiger partial charge is 0.261 e. The molecular formula is C19H24N2O4S. The number of nitrogens with two attached hydrogens (primary N) is 1. The summed E-state index contributed by atoms with van der Waals surface area (Å²) < 4.78 is 25.9. The molecule has 1 aliphatic heterocycles. The van der Waals surface area contributed by atoms with Crippen molar-refractivity contribution < 1.29 is 17.8 Å². The first-order valence-corrected chi connectivity index (χ1v) is 10.1. The highest BCUT2D eigenvalue weighted by Crippen LogP contribution is 2.18. The summed E-state index contributed by atoms with van der Waals surface area (Å²) in [5, 5.41) is 4.21. The van der Waals surface area contributed by atoms with Crippen molar-refractivity contribution in [2.45, 2.75) is 31.4 Å². The molecule has 0 fully saturated rings. The molecule has 140 valence electrons. The zero-order valence-corrected chi connectivity index (χ0v) is 15.5. The molecule has 2 unspecified atom stereocenters. The number of rotatable bonds is 5. The quantitative estimate of drug-likeness (QED) is 0.781. The molecular weight excluding hydrogens is 352 g/mol. The van der Waals surface area contributed by atoms with Crippen LogP contribution in [0.5, 0.6) is 0 Å². The Kier molecular flexibility index (Phi) is 7.32. The Labute approximate surface area is 154 Å². The minimum Gasteiger partial charge on any atom is -0.390 e. The molecule has 3 rings (SSSR count). The summed E-state index contributed by atoms with van der Waals surface area (Å²) in [4.78, 5) is 5.53. The van der Waals surface area contributed by atoms with Crippen molar-refractivity contribution in [3.8, 4) is 0 Å². The van der Waals surface area contributed by atoms with Gasteiger partial charge in [-0.05, 0) is 17.5 Å². The van der Waals surface area contributed by atoms with Gasteiger partial charge in [0.1, 0.15) is 6.10 Å². The van der Waals surface area contributed by atoms with Crippen LogP contribution in [-0.2, 0) is 27.8 Å². The third-order valence-electron chi connectivity index (χ3n) is 3.80. The number of hydrogen-bond acceptors (Lipinski definition) is 5. The number of hydrogen-bond donors (Lipinski definition) is 2. The van der Waals surface area contributed by atoms with Crippen LogP contribution in [0.2, 0.25) is 0 Å². The largest absolute Gasteiger partial charge is 0.390 e. The molecule has 1 heterocycles. The summed E-state index contributed by atoms with van der Waals surface area (Å²) >= 11 is 0. The van der Waals surface area contributed by atoms with E-state index in [9.17, 15) is 8.42 Å². The lowest BCUT2D eigenvalue weighted by atomic mass is 9.97. The molecule has 2 aromatic rings. The Bertz CT molecular complexity index is 800. The Morgan fingerprint density at radius 1 is 1.12 bits per heavy atom. The first kappa shape index (κ1) is 20.1. The summed E-state index contributed by atoms with van der Waals surface area (Å²) in [7, 11) is -3.67. The maximum Gasteiger partial charge on any atom is 0.261 e. The van der Waals surface area contributed by atoms with E-state index in [1.54, 1.807) is 0 Å². The van der Waals surface area contributed by atoms with E-state index in [0.717, 1.165) is 25.0 Å². The van der Waals surface area contributed by atoms with E-state index < -0.39 is 10.1 Å². The van der Waals surface area contributed by atoms with E-state index in [1.807, 2.05) is 36.4 Å². The van der Waals surface area contributed by atoms with Gasteiger partial charge in [0.25, 0.3) is 10.1 Å². The molecule has 1 aliphatic rings. The summed E-state index contributed by atoms with van der Waals surface area (Å²) in [5.74, 6) is 0. The minimum atomic E-state index is -3.67. The summed E-state index contributed by atoms with van der Waals surface area (Å²) in [6, 6.07) is 20.6. The van der Waals surface area contributed by atoms with Gasteiger partial charge in [0.15, 0.2) is 0 Å². The van der Waals surface area contributed by atoms with Gasteiger partial charge >= 0.3 is 0 Å². The molecule has 0 aromatic heterocycles. The van der Waals surface area contributed by atoms with Crippen LogP contribution in [0.4, 0.5) is 0 Å². The molecule has 0 radical (unpaired) electrons. The van der Waals surface area contributed by atoms with Crippen molar-refractivity contribution in [3.05, 3.63) is 71.8 Å². The first-order chi connectivity index (χ1) is 12.3. The lowest BCUT2D eigenvalue weighted by Gasteiger charge is -2.17. The summed E-state index contributed by atoms with van der Waals surface area (Å²) in [6.07, 6.45) is 3.19. The molecule has 0 aliphatic carbocycles. The van der Waals surface area contributed by atoms with Crippen LogP contribution in [0, 0.1) is 0 Å². The molecule has 7 heteroatoms. The second-order valence-electron chi connectivity index (χ2n) is 6.25. The SMILES string of the molecule is CS(=O)(=O)O.NC(Cc1ccccc1)C1CC(Cc2ccccc2)=NO1. The molecule has 0 spiro atoms. The number of nitrogens with zero attached hydrogens (tertiary/aromatic N) is 1. The van der Waals surface area contributed by atoms with Crippen LogP contribution in [-0.4, -0.2) is 37.1 Å². The molecule has 0 amide bonds. The Morgan fingerprint density at radius 3 is 2.15 bits per heavy atom. The lowest BCUT2D eigenvalue weighted by Crippen LogP contribution is -2.36. The predicted molar refractivity (Wildman–Crippen MR) is 103 cm³/mol. The van der Waals surface area contributed by atoms with E-state index in [2.05, 4.69) is 29.4 Å². The number of benzene rings is 2. The fourth-order valence-electron chi connectivity index (χ4n) is 2.63. The van der Waals surface area contributed by atoms with Crippen LogP contribution in [0.3, 0.4) is 0 Å². The van der Waals surface area contributed by atoms with Gasteiger partial charge in [-0.2, -0.15) is 8.42 Å². The van der Waals surface area contributed by atoms with E-state index in [1.165, 1.54) is 11.1 Å². The maximum atomic E-state index is 9.19. The maximum absolute atomic E-state index is 9.19.